The molecule has 0 bridgehead atoms. The fourth-order valence-electron chi connectivity index (χ4n) is 1.43. The molecule has 0 radical (unpaired) electrons. The highest BCUT2D eigenvalue weighted by Gasteiger charge is 2.19. The van der Waals surface area contributed by atoms with Gasteiger partial charge in [0, 0.05) is 6.04 Å². The predicted molar refractivity (Wildman–Crippen MR) is 61.2 cm³/mol. The van der Waals surface area contributed by atoms with Crippen molar-refractivity contribution in [3.05, 3.63) is 0 Å². The summed E-state index contributed by atoms with van der Waals surface area (Å²) in [5, 5.41) is 5.57. The Balaban J connectivity index is 0.00000196. The fraction of sp³-hybridized carbons (Fsp3) is 0.875. The minimum atomic E-state index is -2.90. The van der Waals surface area contributed by atoms with E-state index in [0.717, 1.165) is 6.54 Å². The maximum atomic E-state index is 11.2. The lowest BCUT2D eigenvalue weighted by Gasteiger charge is -2.56. The van der Waals surface area contributed by atoms with Crippen molar-refractivity contribution in [3.63, 3.8) is 0 Å². The second-order valence-corrected chi connectivity index (χ2v) is 5.68. The summed E-state index contributed by atoms with van der Waals surface area (Å²) in [5.74, 6) is 0.151. The van der Waals surface area contributed by atoms with Crippen molar-refractivity contribution in [2.45, 2.75) is 19.4 Å². The third kappa shape index (κ3) is 5.58. The Labute approximate surface area is 97.8 Å². The van der Waals surface area contributed by atoms with Crippen molar-refractivity contribution in [2.24, 2.45) is 0 Å². The largest absolute Gasteiger partial charge is 0.800 e. The van der Waals surface area contributed by atoms with E-state index in [4.69, 9.17) is 0 Å². The Morgan fingerprint density at radius 2 is 2.20 bits per heavy atom. The van der Waals surface area contributed by atoms with Gasteiger partial charge in [0.2, 0.25) is 5.91 Å². The van der Waals surface area contributed by atoms with Gasteiger partial charge in [-0.3, -0.25) is 4.79 Å². The van der Waals surface area contributed by atoms with Crippen molar-refractivity contribution >= 4 is 28.9 Å². The van der Waals surface area contributed by atoms with Gasteiger partial charge in [0.25, 0.3) is 0 Å². The molecule has 5 nitrogen and oxygen atoms in total. The van der Waals surface area contributed by atoms with Crippen LogP contribution in [0.2, 0.25) is 0 Å². The van der Waals surface area contributed by atoms with Crippen LogP contribution in [0.1, 0.15) is 13.3 Å². The Bertz CT molecular complexity index is 216. The zero-order valence-electron chi connectivity index (χ0n) is 8.65. The van der Waals surface area contributed by atoms with Gasteiger partial charge in [-0.05, 0) is 24.5 Å². The van der Waals surface area contributed by atoms with Gasteiger partial charge in [-0.25, -0.2) is 0 Å². The van der Waals surface area contributed by atoms with E-state index in [1.54, 1.807) is 0 Å². The Kier molecular flexibility index (Phi) is 6.54. The highest BCUT2D eigenvalue weighted by Crippen LogP contribution is 2.44. The summed E-state index contributed by atoms with van der Waals surface area (Å²) < 4.78 is 22.1. The molecule has 1 amide bonds. The monoisotopic (exact) mass is 256 g/mol. The summed E-state index contributed by atoms with van der Waals surface area (Å²) in [6, 6.07) is -0.189. The Hall–Kier alpha value is -0.0100. The number of rotatable bonds is 4. The van der Waals surface area contributed by atoms with Gasteiger partial charge in [0.15, 0.2) is 0 Å². The molecule has 15 heavy (non-hydrogen) atoms. The molecule has 7 heteroatoms. The van der Waals surface area contributed by atoms with Gasteiger partial charge >= 0.3 is 0 Å². The van der Waals surface area contributed by atoms with E-state index in [-0.39, 0.29) is 42.4 Å². The number of hydrogen-bond acceptors (Lipinski definition) is 4. The van der Waals surface area contributed by atoms with Crippen molar-refractivity contribution < 1.29 is 13.9 Å². The van der Waals surface area contributed by atoms with E-state index in [0.29, 0.717) is 6.42 Å². The molecule has 0 aromatic heterocycles. The molecule has 2 N–H and O–H groups in total. The standard InChI is InChI=1S/C8H18N2O3S.ClH/c1-2-9-5-8(11)10-7-3-4-14(12,13)6-7;/h7,9,12-13H,2-6H2,1H3,(H,10,11);1H/p-2. The highest BCUT2D eigenvalue weighted by molar-refractivity contribution is 8.24. The molecule has 0 aliphatic carbocycles. The number of carbonyl (C=O) groups is 1. The van der Waals surface area contributed by atoms with Crippen LogP contribution in [-0.2, 0) is 4.79 Å². The third-order valence-electron chi connectivity index (χ3n) is 2.13. The summed E-state index contributed by atoms with van der Waals surface area (Å²) in [4.78, 5) is 11.2. The van der Waals surface area contributed by atoms with Gasteiger partial charge in [-0.15, -0.1) is 12.4 Å². The van der Waals surface area contributed by atoms with Gasteiger partial charge in [-0.1, -0.05) is 6.92 Å². The smallest absolute Gasteiger partial charge is 0.234 e. The number of nitrogens with one attached hydrogen (secondary N) is 2. The van der Waals surface area contributed by atoms with Crippen LogP contribution < -0.4 is 10.6 Å². The first-order valence-electron chi connectivity index (χ1n) is 4.74. The number of likely N-dealkylation sites (N-methyl/N-ethyl adjacent to an activating group) is 1. The first-order chi connectivity index (χ1) is 6.53. The van der Waals surface area contributed by atoms with E-state index in [9.17, 15) is 13.9 Å². The minimum Gasteiger partial charge on any atom is -0.800 e. The van der Waals surface area contributed by atoms with E-state index in [2.05, 4.69) is 10.6 Å². The molecule has 0 aromatic rings. The molecule has 1 unspecified atom stereocenters. The second-order valence-electron chi connectivity index (χ2n) is 3.45. The third-order valence-corrected chi connectivity index (χ3v) is 3.90. The first kappa shape index (κ1) is 15.0. The lowest BCUT2D eigenvalue weighted by atomic mass is 10.2. The molecule has 1 aliphatic heterocycles. The van der Waals surface area contributed by atoms with Crippen LogP contribution in [0.4, 0.5) is 0 Å². The van der Waals surface area contributed by atoms with Gasteiger partial charge in [0.05, 0.1) is 6.54 Å². The zero-order chi connectivity index (χ0) is 10.6. The van der Waals surface area contributed by atoms with Crippen LogP contribution in [0, 0.1) is 0 Å². The quantitative estimate of drug-likeness (QED) is 0.740. The lowest BCUT2D eigenvalue weighted by molar-refractivity contribution is -0.120. The molecule has 1 rings (SSSR count). The van der Waals surface area contributed by atoms with Crippen LogP contribution in [0.5, 0.6) is 0 Å². The van der Waals surface area contributed by atoms with Crippen molar-refractivity contribution in [2.75, 3.05) is 24.6 Å². The Morgan fingerprint density at radius 3 is 2.67 bits per heavy atom. The van der Waals surface area contributed by atoms with Crippen molar-refractivity contribution in [1.29, 1.82) is 0 Å². The molecule has 1 heterocycles. The van der Waals surface area contributed by atoms with Crippen LogP contribution in [0.3, 0.4) is 0 Å². The van der Waals surface area contributed by atoms with E-state index >= 15 is 0 Å². The lowest BCUT2D eigenvalue weighted by Crippen LogP contribution is -2.40. The summed E-state index contributed by atoms with van der Waals surface area (Å²) >= 11 is 0. The molecule has 1 aliphatic rings. The summed E-state index contributed by atoms with van der Waals surface area (Å²) in [6.45, 7) is 2.90. The molecule has 92 valence electrons. The van der Waals surface area contributed by atoms with Crippen molar-refractivity contribution in [1.82, 2.24) is 10.6 Å². The molecule has 1 atom stereocenters. The number of hydrogen-bond donors (Lipinski definition) is 2. The number of carbonyl (C=O) groups excluding carboxylic acids is 1. The average molecular weight is 257 g/mol. The van der Waals surface area contributed by atoms with E-state index in [1.165, 1.54) is 0 Å². The minimum absolute atomic E-state index is 0. The molecule has 0 spiro atoms. The van der Waals surface area contributed by atoms with Crippen LogP contribution in [-0.4, -0.2) is 45.6 Å². The predicted octanol–water partition coefficient (Wildman–Crippen LogP) is -0.0284. The molecule has 0 saturated carbocycles. The van der Waals surface area contributed by atoms with Gasteiger partial charge < -0.3 is 30.3 Å². The second kappa shape index (κ2) is 6.55. The SMILES string of the molecule is CCNCC(=O)NC1CCS([O-])([O-])C1.Cl. The highest BCUT2D eigenvalue weighted by atomic mass is 35.5. The van der Waals surface area contributed by atoms with Crippen molar-refractivity contribution in [3.8, 4) is 0 Å². The summed E-state index contributed by atoms with van der Waals surface area (Å²) in [6.07, 6.45) is 0.542. The maximum Gasteiger partial charge on any atom is 0.234 e. The van der Waals surface area contributed by atoms with Crippen LogP contribution in [0.25, 0.3) is 0 Å². The van der Waals surface area contributed by atoms with Gasteiger partial charge in [-0.2, -0.15) is 0 Å². The normalized spacial score (nSPS) is 25.4. The van der Waals surface area contributed by atoms with Gasteiger partial charge in [0.1, 0.15) is 0 Å². The number of amides is 1. The number of sulfone groups is 1. The van der Waals surface area contributed by atoms with E-state index < -0.39 is 10.6 Å². The molecular formula is C8H17ClN2O3S-2. The molecule has 1 fully saturated rings. The van der Waals surface area contributed by atoms with Crippen LogP contribution in [0.15, 0.2) is 0 Å². The summed E-state index contributed by atoms with van der Waals surface area (Å²) in [7, 11) is -2.90. The Morgan fingerprint density at radius 1 is 1.53 bits per heavy atom. The molecule has 1 saturated heterocycles. The van der Waals surface area contributed by atoms with Crippen LogP contribution >= 0.6 is 23.0 Å². The number of halogens is 1. The summed E-state index contributed by atoms with van der Waals surface area (Å²) in [5.41, 5.74) is 0. The fourth-order valence-corrected chi connectivity index (χ4v) is 3.10. The molecular weight excluding hydrogens is 240 g/mol. The first-order valence-corrected chi connectivity index (χ1v) is 6.56. The van der Waals surface area contributed by atoms with E-state index in [1.807, 2.05) is 6.92 Å². The topological polar surface area (TPSA) is 87.2 Å². The zero-order valence-corrected chi connectivity index (χ0v) is 10.3. The maximum absolute atomic E-state index is 11.2. The molecule has 0 aromatic carbocycles. The average Bonchev–Trinajstić information content (AvgIpc) is 2.42.